The smallest absolute Gasteiger partial charge is 0.269 e. The van der Waals surface area contributed by atoms with Gasteiger partial charge in [-0.05, 0) is 24.3 Å². The lowest BCUT2D eigenvalue weighted by atomic mass is 10.1. The number of para-hydroxylation sites is 2. The normalized spacial score (nSPS) is 17.8. The average Bonchev–Trinajstić information content (AvgIpc) is 3.18. The lowest BCUT2D eigenvalue weighted by Gasteiger charge is -2.34. The van der Waals surface area contributed by atoms with E-state index in [1.807, 2.05) is 24.3 Å². The van der Waals surface area contributed by atoms with Gasteiger partial charge in [-0.25, -0.2) is 4.98 Å². The molecule has 0 saturated carbocycles. The number of carbonyl (C=O) groups is 1. The first-order chi connectivity index (χ1) is 12.2. The topological polar surface area (TPSA) is 77.6 Å². The lowest BCUT2D eigenvalue weighted by molar-refractivity contribution is -0.141. The van der Waals surface area contributed by atoms with Gasteiger partial charge in [-0.15, -0.1) is 0 Å². The summed E-state index contributed by atoms with van der Waals surface area (Å²) in [5.41, 5.74) is 1.03. The Morgan fingerprint density at radius 1 is 1.24 bits per heavy atom. The van der Waals surface area contributed by atoms with Crippen LogP contribution in [0.15, 0.2) is 58.1 Å². The summed E-state index contributed by atoms with van der Waals surface area (Å²) in [5, 5.41) is 0. The van der Waals surface area contributed by atoms with Gasteiger partial charge in [0.05, 0.1) is 36.7 Å². The van der Waals surface area contributed by atoms with Crippen molar-refractivity contribution in [3.05, 3.63) is 65.0 Å². The number of ether oxygens (including phenoxy) is 1. The summed E-state index contributed by atoms with van der Waals surface area (Å²) in [7, 11) is 0. The van der Waals surface area contributed by atoms with E-state index in [1.165, 1.54) is 10.8 Å². The first-order valence-electron chi connectivity index (χ1n) is 8.09. The van der Waals surface area contributed by atoms with Crippen LogP contribution in [0.2, 0.25) is 0 Å². The van der Waals surface area contributed by atoms with Gasteiger partial charge >= 0.3 is 0 Å². The first-order valence-corrected chi connectivity index (χ1v) is 8.09. The van der Waals surface area contributed by atoms with Crippen molar-refractivity contribution in [2.45, 2.75) is 12.6 Å². The second-order valence-corrected chi connectivity index (χ2v) is 5.86. The summed E-state index contributed by atoms with van der Waals surface area (Å²) in [6.45, 7) is 1.27. The van der Waals surface area contributed by atoms with E-state index in [9.17, 15) is 9.59 Å². The number of benzene rings is 1. The molecule has 7 heteroatoms. The molecule has 0 spiro atoms. The van der Waals surface area contributed by atoms with Gasteiger partial charge in [0.15, 0.2) is 0 Å². The Labute approximate surface area is 143 Å². The number of hydrogen-bond donors (Lipinski definition) is 0. The van der Waals surface area contributed by atoms with Gasteiger partial charge in [-0.3, -0.25) is 14.2 Å². The molecular formula is C18H17N3O4. The molecule has 0 aliphatic carbocycles. The van der Waals surface area contributed by atoms with Gasteiger partial charge in [0.1, 0.15) is 18.3 Å². The molecule has 3 heterocycles. The van der Waals surface area contributed by atoms with Gasteiger partial charge in [0.2, 0.25) is 5.91 Å². The fraction of sp³-hybridized carbons (Fsp3) is 0.278. The van der Waals surface area contributed by atoms with Crippen molar-refractivity contribution in [1.82, 2.24) is 14.5 Å². The van der Waals surface area contributed by atoms with Gasteiger partial charge in [-0.1, -0.05) is 12.1 Å². The molecule has 0 bridgehead atoms. The van der Waals surface area contributed by atoms with Crippen LogP contribution in [-0.4, -0.2) is 40.1 Å². The predicted molar refractivity (Wildman–Crippen MR) is 90.0 cm³/mol. The maximum atomic E-state index is 12.9. The second-order valence-electron chi connectivity index (χ2n) is 5.86. The Hall–Kier alpha value is -2.93. The Morgan fingerprint density at radius 2 is 2.12 bits per heavy atom. The fourth-order valence-corrected chi connectivity index (χ4v) is 3.12. The lowest BCUT2D eigenvalue weighted by Crippen LogP contribution is -2.45. The van der Waals surface area contributed by atoms with E-state index >= 15 is 0 Å². The van der Waals surface area contributed by atoms with Crippen molar-refractivity contribution in [2.75, 3.05) is 19.8 Å². The highest BCUT2D eigenvalue weighted by Crippen LogP contribution is 2.25. The van der Waals surface area contributed by atoms with Crippen LogP contribution in [0.3, 0.4) is 0 Å². The number of fused-ring (bicyclic) bond motifs is 1. The second kappa shape index (κ2) is 6.52. The summed E-state index contributed by atoms with van der Waals surface area (Å²) in [4.78, 5) is 31.0. The van der Waals surface area contributed by atoms with Gasteiger partial charge in [0.25, 0.3) is 5.56 Å². The summed E-state index contributed by atoms with van der Waals surface area (Å²) >= 11 is 0. The molecule has 1 saturated heterocycles. The number of hydrogen-bond acceptors (Lipinski definition) is 5. The standard InChI is InChI=1S/C18H17N3O4/c22-17-10-19-13-4-1-2-5-14(13)21(17)11-18(23)20-7-9-24-12-15(20)16-6-3-8-25-16/h1-6,8,10,15H,7,9,11-12H2. The maximum Gasteiger partial charge on any atom is 0.269 e. The molecule has 0 N–H and O–H groups in total. The summed E-state index contributed by atoms with van der Waals surface area (Å²) in [6, 6.07) is 10.6. The van der Waals surface area contributed by atoms with E-state index in [-0.39, 0.29) is 24.1 Å². The molecule has 1 atom stereocenters. The molecule has 1 unspecified atom stereocenters. The number of carbonyl (C=O) groups excluding carboxylic acids is 1. The molecule has 1 aromatic carbocycles. The number of morpholine rings is 1. The minimum atomic E-state index is -0.296. The molecule has 3 aromatic rings. The molecule has 1 aliphatic heterocycles. The summed E-state index contributed by atoms with van der Waals surface area (Å²) in [5.74, 6) is 0.531. The number of rotatable bonds is 3. The third-order valence-electron chi connectivity index (χ3n) is 4.37. The molecule has 0 radical (unpaired) electrons. The summed E-state index contributed by atoms with van der Waals surface area (Å²) in [6.07, 6.45) is 2.83. The number of aromatic nitrogens is 2. The molecule has 1 aliphatic rings. The van der Waals surface area contributed by atoms with Crippen molar-refractivity contribution in [3.63, 3.8) is 0 Å². The van der Waals surface area contributed by atoms with Crippen molar-refractivity contribution in [3.8, 4) is 0 Å². The maximum absolute atomic E-state index is 12.9. The average molecular weight is 339 g/mol. The van der Waals surface area contributed by atoms with Crippen molar-refractivity contribution < 1.29 is 13.9 Å². The van der Waals surface area contributed by atoms with Gasteiger partial charge in [0, 0.05) is 6.54 Å². The van der Waals surface area contributed by atoms with Gasteiger partial charge in [-0.2, -0.15) is 0 Å². The van der Waals surface area contributed by atoms with Crippen molar-refractivity contribution >= 4 is 16.9 Å². The minimum Gasteiger partial charge on any atom is -0.467 e. The highest BCUT2D eigenvalue weighted by molar-refractivity contribution is 5.80. The Bertz CT molecular complexity index is 948. The highest BCUT2D eigenvalue weighted by atomic mass is 16.5. The SMILES string of the molecule is O=C(Cn1c(=O)cnc2ccccc21)N1CCOCC1c1ccco1. The van der Waals surface area contributed by atoms with E-state index in [1.54, 1.807) is 23.3 Å². The zero-order chi connectivity index (χ0) is 17.2. The number of furan rings is 1. The predicted octanol–water partition coefficient (Wildman–Crippen LogP) is 1.59. The quantitative estimate of drug-likeness (QED) is 0.724. The zero-order valence-electron chi connectivity index (χ0n) is 13.5. The number of amides is 1. The Balaban J connectivity index is 1.65. The Kier molecular flexibility index (Phi) is 4.07. The molecular weight excluding hydrogens is 322 g/mol. The van der Waals surface area contributed by atoms with Crippen LogP contribution < -0.4 is 5.56 Å². The fourth-order valence-electron chi connectivity index (χ4n) is 3.12. The van der Waals surface area contributed by atoms with E-state index in [0.717, 1.165) is 0 Å². The van der Waals surface area contributed by atoms with E-state index in [4.69, 9.17) is 9.15 Å². The zero-order valence-corrected chi connectivity index (χ0v) is 13.5. The minimum absolute atomic E-state index is 0.0426. The summed E-state index contributed by atoms with van der Waals surface area (Å²) < 4.78 is 12.4. The van der Waals surface area contributed by atoms with Crippen LogP contribution in [0.4, 0.5) is 0 Å². The monoisotopic (exact) mass is 339 g/mol. The highest BCUT2D eigenvalue weighted by Gasteiger charge is 2.30. The number of nitrogens with zero attached hydrogens (tertiary/aromatic N) is 3. The van der Waals surface area contributed by atoms with E-state index in [0.29, 0.717) is 36.6 Å². The van der Waals surface area contributed by atoms with Crippen LogP contribution in [0, 0.1) is 0 Å². The van der Waals surface area contributed by atoms with Crippen LogP contribution in [0.25, 0.3) is 11.0 Å². The van der Waals surface area contributed by atoms with Crippen LogP contribution in [-0.2, 0) is 16.1 Å². The molecule has 4 rings (SSSR count). The third-order valence-corrected chi connectivity index (χ3v) is 4.37. The van der Waals surface area contributed by atoms with E-state index < -0.39 is 0 Å². The van der Waals surface area contributed by atoms with Crippen LogP contribution in [0.5, 0.6) is 0 Å². The van der Waals surface area contributed by atoms with Gasteiger partial charge < -0.3 is 14.1 Å². The molecule has 7 nitrogen and oxygen atoms in total. The van der Waals surface area contributed by atoms with E-state index in [2.05, 4.69) is 4.98 Å². The molecule has 1 amide bonds. The van der Waals surface area contributed by atoms with Crippen molar-refractivity contribution in [2.24, 2.45) is 0 Å². The largest absolute Gasteiger partial charge is 0.467 e. The first kappa shape index (κ1) is 15.6. The van der Waals surface area contributed by atoms with Crippen LogP contribution in [0.1, 0.15) is 11.8 Å². The van der Waals surface area contributed by atoms with Crippen LogP contribution >= 0.6 is 0 Å². The Morgan fingerprint density at radius 3 is 2.96 bits per heavy atom. The molecule has 128 valence electrons. The molecule has 2 aromatic heterocycles. The molecule has 1 fully saturated rings. The van der Waals surface area contributed by atoms with Crippen molar-refractivity contribution in [1.29, 1.82) is 0 Å². The molecule has 25 heavy (non-hydrogen) atoms. The third kappa shape index (κ3) is 2.94.